The van der Waals surface area contributed by atoms with E-state index in [-0.39, 0.29) is 25.5 Å². The molecule has 0 radical (unpaired) electrons. The van der Waals surface area contributed by atoms with Gasteiger partial charge in [-0.2, -0.15) is 0 Å². The zero-order valence-corrected chi connectivity index (χ0v) is 39.0. The van der Waals surface area contributed by atoms with Crippen LogP contribution in [0.4, 0.5) is 22.0 Å². The number of ether oxygens (including phenoxy) is 4. The normalized spacial score (nSPS) is 12.7. The van der Waals surface area contributed by atoms with E-state index in [1.54, 1.807) is 12.1 Å². The Morgan fingerprint density at radius 1 is 0.590 bits per heavy atom. The Balaban J connectivity index is 0.000000281. The highest BCUT2D eigenvalue weighted by atomic mass is 35.5. The Morgan fingerprint density at radius 2 is 1.03 bits per heavy atom. The van der Waals surface area contributed by atoms with Crippen molar-refractivity contribution < 1.29 is 40.9 Å². The number of hydrogen-bond donors (Lipinski definition) is 0. The van der Waals surface area contributed by atoms with Crippen molar-refractivity contribution in [2.24, 2.45) is 5.92 Å². The van der Waals surface area contributed by atoms with Crippen molar-refractivity contribution in [2.45, 2.75) is 144 Å². The highest BCUT2D eigenvalue weighted by Crippen LogP contribution is 2.31. The lowest BCUT2D eigenvalue weighted by Crippen LogP contribution is -2.18. The van der Waals surface area contributed by atoms with Gasteiger partial charge >= 0.3 is 0 Å². The van der Waals surface area contributed by atoms with Crippen LogP contribution in [0.15, 0.2) is 84.9 Å². The predicted molar refractivity (Wildman–Crippen MR) is 242 cm³/mol. The maximum Gasteiger partial charge on any atom is 0.268 e. The molecule has 1 aliphatic carbocycles. The molecule has 0 unspecified atom stereocenters. The van der Waals surface area contributed by atoms with E-state index in [0.29, 0.717) is 60.2 Å². The standard InChI is InChI=1S/C14H20F2O.C13H18F2O.C13H17FO.C11H15ClO/c1-11(2)13-6-4-12(5-7-13)10-17-9-8-14(3,15)16;1-10(2)12-6-4-11(5-7-12)8-16-9-13(3,14)15;1-9(2)11-5-6-13(12(14)7-11)15-8-10-3-4-10;1-4-13-11-6-5-9(8(2)3)7-10(11)12/h4-7,11H,8-10H2,1-3H3;4-7,10H,8-9H2,1-3H3;5-7,9-10H,3-4,8H2,1-2H3;5-8H,4H2,1-3H3. The maximum atomic E-state index is 13.6. The first-order valence-corrected chi connectivity index (χ1v) is 21.9. The summed E-state index contributed by atoms with van der Waals surface area (Å²) in [6.07, 6.45) is 2.23. The molecule has 4 aromatic rings. The highest BCUT2D eigenvalue weighted by molar-refractivity contribution is 6.32. The van der Waals surface area contributed by atoms with Gasteiger partial charge in [0.05, 0.1) is 38.1 Å². The molecule has 0 aromatic heterocycles. The summed E-state index contributed by atoms with van der Waals surface area (Å²) >= 11 is 6.03. The molecule has 0 saturated heterocycles. The van der Waals surface area contributed by atoms with Gasteiger partial charge in [0.25, 0.3) is 5.92 Å². The minimum atomic E-state index is -2.75. The zero-order chi connectivity index (χ0) is 45.8. The number of halogens is 6. The molecule has 0 aliphatic heterocycles. The Labute approximate surface area is 368 Å². The zero-order valence-electron chi connectivity index (χ0n) is 38.2. The second kappa shape index (κ2) is 26.7. The molecular weight excluding hydrogens is 807 g/mol. The van der Waals surface area contributed by atoms with Crippen LogP contribution < -0.4 is 9.47 Å². The second-order valence-electron chi connectivity index (χ2n) is 17.1. The van der Waals surface area contributed by atoms with E-state index in [0.717, 1.165) is 36.3 Å². The molecule has 0 N–H and O–H groups in total. The summed E-state index contributed by atoms with van der Waals surface area (Å²) in [6, 6.07) is 27.2. The van der Waals surface area contributed by atoms with Crippen LogP contribution in [0, 0.1) is 11.7 Å². The third-order valence-corrected chi connectivity index (χ3v) is 9.88. The van der Waals surface area contributed by atoms with E-state index in [2.05, 4.69) is 73.6 Å². The topological polar surface area (TPSA) is 36.9 Å². The van der Waals surface area contributed by atoms with Crippen LogP contribution >= 0.6 is 11.6 Å². The lowest BCUT2D eigenvalue weighted by Gasteiger charge is -2.11. The monoisotopic (exact) mass is 876 g/mol. The van der Waals surface area contributed by atoms with Gasteiger partial charge in [0.2, 0.25) is 5.92 Å². The van der Waals surface area contributed by atoms with Crippen LogP contribution in [0.5, 0.6) is 11.5 Å². The smallest absolute Gasteiger partial charge is 0.268 e. The van der Waals surface area contributed by atoms with E-state index in [4.69, 9.17) is 30.5 Å². The van der Waals surface area contributed by atoms with Gasteiger partial charge in [-0.15, -0.1) is 0 Å². The summed E-state index contributed by atoms with van der Waals surface area (Å²) in [6.45, 7) is 22.1. The number of alkyl halides is 4. The van der Waals surface area contributed by atoms with Gasteiger partial charge in [0, 0.05) is 13.3 Å². The summed E-state index contributed by atoms with van der Waals surface area (Å²) in [5.74, 6) is -1.95. The van der Waals surface area contributed by atoms with Gasteiger partial charge in [-0.05, 0) is 114 Å². The third-order valence-electron chi connectivity index (χ3n) is 9.59. The molecule has 4 nitrogen and oxygen atoms in total. The summed E-state index contributed by atoms with van der Waals surface area (Å²) in [7, 11) is 0. The molecule has 1 fully saturated rings. The third kappa shape index (κ3) is 23.4. The van der Waals surface area contributed by atoms with Crippen molar-refractivity contribution in [3.8, 4) is 11.5 Å². The van der Waals surface area contributed by atoms with Crippen molar-refractivity contribution in [1.29, 1.82) is 0 Å². The van der Waals surface area contributed by atoms with Crippen LogP contribution in [0.2, 0.25) is 5.02 Å². The molecule has 10 heteroatoms. The molecule has 0 atom stereocenters. The molecular formula is C51H70ClF5O4. The van der Waals surface area contributed by atoms with Crippen molar-refractivity contribution in [3.63, 3.8) is 0 Å². The van der Waals surface area contributed by atoms with Crippen LogP contribution in [-0.4, -0.2) is 38.3 Å². The Bertz CT molecular complexity index is 1800. The summed E-state index contributed by atoms with van der Waals surface area (Å²) in [5, 5.41) is 0.702. The van der Waals surface area contributed by atoms with Gasteiger partial charge < -0.3 is 18.9 Å². The minimum Gasteiger partial charge on any atom is -0.492 e. The molecule has 1 aliphatic rings. The van der Waals surface area contributed by atoms with E-state index < -0.39 is 18.5 Å². The lowest BCUT2D eigenvalue weighted by molar-refractivity contribution is -0.0673. The number of hydrogen-bond acceptors (Lipinski definition) is 4. The van der Waals surface area contributed by atoms with Gasteiger partial charge in [0.15, 0.2) is 11.6 Å². The summed E-state index contributed by atoms with van der Waals surface area (Å²) in [5.41, 5.74) is 6.72. The molecule has 5 rings (SSSR count). The first-order valence-electron chi connectivity index (χ1n) is 21.5. The van der Waals surface area contributed by atoms with Crippen molar-refractivity contribution >= 4 is 11.6 Å². The number of benzene rings is 4. The first-order chi connectivity index (χ1) is 28.6. The van der Waals surface area contributed by atoms with E-state index in [1.807, 2.05) is 61.5 Å². The summed E-state index contributed by atoms with van der Waals surface area (Å²) < 4.78 is 84.4. The fourth-order valence-corrected chi connectivity index (χ4v) is 5.66. The molecule has 0 spiro atoms. The fraction of sp³-hybridized carbons (Fsp3) is 0.529. The molecule has 4 aromatic carbocycles. The summed E-state index contributed by atoms with van der Waals surface area (Å²) in [4.78, 5) is 0. The highest BCUT2D eigenvalue weighted by Gasteiger charge is 2.23. The van der Waals surface area contributed by atoms with E-state index >= 15 is 0 Å². The van der Waals surface area contributed by atoms with Gasteiger partial charge in [-0.1, -0.05) is 128 Å². The Morgan fingerprint density at radius 3 is 1.43 bits per heavy atom. The Kier molecular flexibility index (Phi) is 23.4. The fourth-order valence-electron chi connectivity index (χ4n) is 5.42. The maximum absolute atomic E-state index is 13.6. The quantitative estimate of drug-likeness (QED) is 0.0737. The lowest BCUT2D eigenvalue weighted by atomic mass is 10.0. The van der Waals surface area contributed by atoms with Gasteiger partial charge in [-0.3, -0.25) is 0 Å². The van der Waals surface area contributed by atoms with Crippen LogP contribution in [0.3, 0.4) is 0 Å². The van der Waals surface area contributed by atoms with Crippen LogP contribution in [0.25, 0.3) is 0 Å². The molecule has 1 saturated carbocycles. The average molecular weight is 878 g/mol. The molecule has 340 valence electrons. The second-order valence-corrected chi connectivity index (χ2v) is 17.5. The average Bonchev–Trinajstić information content (AvgIpc) is 4.02. The van der Waals surface area contributed by atoms with E-state index in [9.17, 15) is 22.0 Å². The van der Waals surface area contributed by atoms with Crippen molar-refractivity contribution in [3.05, 3.63) is 129 Å². The first kappa shape index (κ1) is 53.5. The minimum absolute atomic E-state index is 0.0927. The molecule has 0 amide bonds. The van der Waals surface area contributed by atoms with Crippen molar-refractivity contribution in [2.75, 3.05) is 26.4 Å². The number of rotatable bonds is 18. The molecule has 0 bridgehead atoms. The van der Waals surface area contributed by atoms with Crippen molar-refractivity contribution in [1.82, 2.24) is 0 Å². The predicted octanol–water partition coefficient (Wildman–Crippen LogP) is 16.0. The van der Waals surface area contributed by atoms with E-state index in [1.165, 1.54) is 29.5 Å². The SMILES string of the molecule is CC(C)c1ccc(COCC(C)(F)F)cc1.CC(C)c1ccc(COCCC(C)(F)F)cc1.CC(C)c1ccc(OCC2CC2)c(F)c1.CCOc1ccc(C(C)C)cc1Cl. The Hall–Kier alpha value is -3.66. The van der Waals surface area contributed by atoms with Crippen LogP contribution in [0.1, 0.15) is 152 Å². The molecule has 0 heterocycles. The van der Waals surface area contributed by atoms with Gasteiger partial charge in [-0.25, -0.2) is 22.0 Å². The van der Waals surface area contributed by atoms with Crippen LogP contribution in [-0.2, 0) is 22.7 Å². The largest absolute Gasteiger partial charge is 0.492 e. The van der Waals surface area contributed by atoms with Gasteiger partial charge in [0.1, 0.15) is 12.4 Å². The molecule has 61 heavy (non-hydrogen) atoms.